The van der Waals surface area contributed by atoms with Crippen LogP contribution in [0.1, 0.15) is 24.8 Å². The van der Waals surface area contributed by atoms with Crippen molar-refractivity contribution in [2.45, 2.75) is 25.7 Å². The zero-order valence-electron chi connectivity index (χ0n) is 11.4. The Morgan fingerprint density at radius 3 is 2.35 bits per heavy atom. The summed E-state index contributed by atoms with van der Waals surface area (Å²) in [5.74, 6) is -0.451. The summed E-state index contributed by atoms with van der Waals surface area (Å²) in [5.41, 5.74) is 7.26. The second-order valence-corrected chi connectivity index (χ2v) is 5.34. The molecular formula is C15H20N2O3. The van der Waals surface area contributed by atoms with Crippen LogP contribution in [0, 0.1) is 5.92 Å². The molecule has 0 spiro atoms. The van der Waals surface area contributed by atoms with Gasteiger partial charge in [0.2, 0.25) is 5.91 Å². The fraction of sp³-hybridized carbons (Fsp3) is 0.467. The van der Waals surface area contributed by atoms with E-state index in [1.54, 1.807) is 12.1 Å². The molecule has 5 nitrogen and oxygen atoms in total. The molecule has 0 bridgehead atoms. The minimum Gasteiger partial charge on any atom is -0.481 e. The molecule has 0 saturated carbocycles. The predicted octanol–water partition coefficient (Wildman–Crippen LogP) is 1.52. The number of hydrogen-bond donors (Lipinski definition) is 2. The van der Waals surface area contributed by atoms with Gasteiger partial charge in [0.1, 0.15) is 0 Å². The summed E-state index contributed by atoms with van der Waals surface area (Å²) in [4.78, 5) is 24.6. The number of piperidine rings is 1. The van der Waals surface area contributed by atoms with E-state index < -0.39 is 5.97 Å². The molecule has 1 saturated heterocycles. The van der Waals surface area contributed by atoms with Crippen molar-refractivity contribution in [1.82, 2.24) is 4.90 Å². The van der Waals surface area contributed by atoms with Crippen LogP contribution >= 0.6 is 0 Å². The molecule has 1 fully saturated rings. The third kappa shape index (κ3) is 3.98. The molecule has 108 valence electrons. The van der Waals surface area contributed by atoms with Crippen LogP contribution in [-0.2, 0) is 16.0 Å². The minimum atomic E-state index is -0.753. The highest BCUT2D eigenvalue weighted by Gasteiger charge is 2.24. The van der Waals surface area contributed by atoms with Gasteiger partial charge in [-0.15, -0.1) is 0 Å². The number of nitrogen functional groups attached to an aromatic ring is 1. The Kier molecular flexibility index (Phi) is 4.61. The van der Waals surface area contributed by atoms with Gasteiger partial charge in [-0.1, -0.05) is 12.1 Å². The van der Waals surface area contributed by atoms with Crippen molar-refractivity contribution >= 4 is 17.6 Å². The van der Waals surface area contributed by atoms with E-state index in [4.69, 9.17) is 10.8 Å². The number of carboxylic acid groups (broad SMARTS) is 1. The maximum Gasteiger partial charge on any atom is 0.303 e. The van der Waals surface area contributed by atoms with E-state index in [9.17, 15) is 9.59 Å². The minimum absolute atomic E-state index is 0.101. The number of nitrogens with zero attached hydrogens (tertiary/aromatic N) is 1. The molecule has 1 heterocycles. The molecule has 0 aromatic heterocycles. The third-order valence-electron chi connectivity index (χ3n) is 3.77. The maximum atomic E-state index is 12.2. The summed E-state index contributed by atoms with van der Waals surface area (Å²) < 4.78 is 0. The van der Waals surface area contributed by atoms with Crippen LogP contribution in [0.4, 0.5) is 5.69 Å². The third-order valence-corrected chi connectivity index (χ3v) is 3.77. The van der Waals surface area contributed by atoms with Crippen LogP contribution in [0.3, 0.4) is 0 Å². The molecule has 20 heavy (non-hydrogen) atoms. The topological polar surface area (TPSA) is 83.6 Å². The van der Waals surface area contributed by atoms with Crippen LogP contribution < -0.4 is 5.73 Å². The van der Waals surface area contributed by atoms with Gasteiger partial charge in [0.25, 0.3) is 0 Å². The summed E-state index contributed by atoms with van der Waals surface area (Å²) in [6, 6.07) is 7.32. The van der Waals surface area contributed by atoms with E-state index in [0.29, 0.717) is 25.2 Å². The Labute approximate surface area is 118 Å². The number of aliphatic carboxylic acids is 1. The highest BCUT2D eigenvalue weighted by Crippen LogP contribution is 2.21. The highest BCUT2D eigenvalue weighted by atomic mass is 16.4. The Morgan fingerprint density at radius 1 is 1.20 bits per heavy atom. The maximum absolute atomic E-state index is 12.2. The van der Waals surface area contributed by atoms with Gasteiger partial charge < -0.3 is 15.7 Å². The van der Waals surface area contributed by atoms with Crippen molar-refractivity contribution in [2.24, 2.45) is 5.92 Å². The molecule has 0 atom stereocenters. The Hall–Kier alpha value is -2.04. The number of benzene rings is 1. The Bertz CT molecular complexity index is 476. The smallest absolute Gasteiger partial charge is 0.303 e. The molecule has 1 amide bonds. The molecule has 2 rings (SSSR count). The van der Waals surface area contributed by atoms with Gasteiger partial charge in [-0.3, -0.25) is 9.59 Å². The van der Waals surface area contributed by atoms with Gasteiger partial charge in [0.05, 0.1) is 6.42 Å². The van der Waals surface area contributed by atoms with Gasteiger partial charge in [-0.05, 0) is 36.5 Å². The molecule has 1 aliphatic heterocycles. The Balaban J connectivity index is 1.82. The fourth-order valence-electron chi connectivity index (χ4n) is 2.56. The second-order valence-electron chi connectivity index (χ2n) is 5.34. The first-order chi connectivity index (χ1) is 9.54. The first-order valence-electron chi connectivity index (χ1n) is 6.88. The van der Waals surface area contributed by atoms with Crippen molar-refractivity contribution in [3.05, 3.63) is 29.8 Å². The number of carboxylic acids is 1. The van der Waals surface area contributed by atoms with E-state index in [2.05, 4.69) is 0 Å². The summed E-state index contributed by atoms with van der Waals surface area (Å²) in [6.45, 7) is 1.32. The van der Waals surface area contributed by atoms with Crippen LogP contribution in [0.5, 0.6) is 0 Å². The summed E-state index contributed by atoms with van der Waals surface area (Å²) in [7, 11) is 0. The first kappa shape index (κ1) is 14.4. The number of likely N-dealkylation sites (tertiary alicyclic amines) is 1. The lowest BCUT2D eigenvalue weighted by Gasteiger charge is -2.31. The van der Waals surface area contributed by atoms with Crippen molar-refractivity contribution in [3.63, 3.8) is 0 Å². The molecular weight excluding hydrogens is 256 g/mol. The molecule has 0 unspecified atom stereocenters. The lowest BCUT2D eigenvalue weighted by atomic mass is 9.93. The van der Waals surface area contributed by atoms with E-state index in [1.807, 2.05) is 17.0 Å². The molecule has 0 aliphatic carbocycles. The fourth-order valence-corrected chi connectivity index (χ4v) is 2.56. The van der Waals surface area contributed by atoms with Crippen molar-refractivity contribution in [1.29, 1.82) is 0 Å². The van der Waals surface area contributed by atoms with Crippen molar-refractivity contribution in [3.8, 4) is 0 Å². The van der Waals surface area contributed by atoms with Crippen molar-refractivity contribution in [2.75, 3.05) is 18.8 Å². The van der Waals surface area contributed by atoms with Gasteiger partial charge in [0, 0.05) is 25.2 Å². The summed E-state index contributed by atoms with van der Waals surface area (Å²) >= 11 is 0. The number of rotatable bonds is 4. The zero-order chi connectivity index (χ0) is 14.5. The average Bonchev–Trinajstić information content (AvgIpc) is 2.41. The van der Waals surface area contributed by atoms with Gasteiger partial charge >= 0.3 is 5.97 Å². The monoisotopic (exact) mass is 276 g/mol. The predicted molar refractivity (Wildman–Crippen MR) is 76.1 cm³/mol. The summed E-state index contributed by atoms with van der Waals surface area (Å²) in [5, 5.41) is 8.77. The van der Waals surface area contributed by atoms with Crippen LogP contribution in [0.2, 0.25) is 0 Å². The second kappa shape index (κ2) is 6.41. The molecule has 1 aliphatic rings. The van der Waals surface area contributed by atoms with Crippen LogP contribution in [0.15, 0.2) is 24.3 Å². The van der Waals surface area contributed by atoms with E-state index >= 15 is 0 Å². The first-order valence-corrected chi connectivity index (χ1v) is 6.88. The van der Waals surface area contributed by atoms with E-state index in [0.717, 1.165) is 18.4 Å². The lowest BCUT2D eigenvalue weighted by molar-refractivity contribution is -0.138. The molecule has 0 radical (unpaired) electrons. The number of nitrogens with two attached hydrogens (primary N) is 1. The molecule has 3 N–H and O–H groups in total. The largest absolute Gasteiger partial charge is 0.481 e. The van der Waals surface area contributed by atoms with E-state index in [1.165, 1.54) is 0 Å². The number of carbonyl (C=O) groups excluding carboxylic acids is 1. The van der Waals surface area contributed by atoms with Crippen LogP contribution in [-0.4, -0.2) is 35.0 Å². The quantitative estimate of drug-likeness (QED) is 0.817. The van der Waals surface area contributed by atoms with Crippen LogP contribution in [0.25, 0.3) is 0 Å². The lowest BCUT2D eigenvalue weighted by Crippen LogP contribution is -2.39. The SMILES string of the molecule is Nc1ccc(CC(=O)N2CCC(CC(=O)O)CC2)cc1. The van der Waals surface area contributed by atoms with Crippen molar-refractivity contribution < 1.29 is 14.7 Å². The van der Waals surface area contributed by atoms with E-state index in [-0.39, 0.29) is 18.2 Å². The Morgan fingerprint density at radius 2 is 1.80 bits per heavy atom. The van der Waals surface area contributed by atoms with Gasteiger partial charge in [-0.2, -0.15) is 0 Å². The zero-order valence-corrected chi connectivity index (χ0v) is 11.4. The van der Waals surface area contributed by atoms with Gasteiger partial charge in [-0.25, -0.2) is 0 Å². The normalized spacial score (nSPS) is 16.1. The standard InChI is InChI=1S/C15H20N2O3/c16-13-3-1-11(2-4-13)9-14(18)17-7-5-12(6-8-17)10-15(19)20/h1-4,12H,5-10,16H2,(H,19,20). The average molecular weight is 276 g/mol. The number of carbonyl (C=O) groups is 2. The number of hydrogen-bond acceptors (Lipinski definition) is 3. The molecule has 1 aromatic rings. The highest BCUT2D eigenvalue weighted by molar-refractivity contribution is 5.79. The van der Waals surface area contributed by atoms with Gasteiger partial charge in [0.15, 0.2) is 0 Å². The molecule has 1 aromatic carbocycles. The summed E-state index contributed by atoms with van der Waals surface area (Å²) in [6.07, 6.45) is 2.14. The molecule has 5 heteroatoms. The number of anilines is 1. The number of amides is 1.